The molecule has 2 nitrogen and oxygen atoms in total. The number of Topliss-reactive ketones (excluding diaryl/α,β-unsaturated/α-hetero) is 1. The fraction of sp³-hybridized carbons (Fsp3) is 0.417. The van der Waals surface area contributed by atoms with Gasteiger partial charge in [0.15, 0.2) is 5.78 Å². The van der Waals surface area contributed by atoms with Crippen LogP contribution in [0.4, 0.5) is 0 Å². The maximum absolute atomic E-state index is 11.6. The van der Waals surface area contributed by atoms with Crippen molar-refractivity contribution in [1.82, 2.24) is 0 Å². The molecule has 2 heteroatoms. The van der Waals surface area contributed by atoms with Crippen molar-refractivity contribution >= 4 is 5.78 Å². The average Bonchev–Trinajstić information content (AvgIpc) is 2.17. The lowest BCUT2D eigenvalue weighted by Crippen LogP contribution is -2.08. The molecular weight excluding hydrogens is 174 g/mol. The molecule has 0 aliphatic carbocycles. The summed E-state index contributed by atoms with van der Waals surface area (Å²) in [4.78, 5) is 11.6. The zero-order valence-corrected chi connectivity index (χ0v) is 8.84. The van der Waals surface area contributed by atoms with Crippen LogP contribution < -0.4 is 5.73 Å². The molecule has 1 rings (SSSR count). The standard InChI is InChI=1S/C12H17NO/c1-3-12(14)11-5-4-9(2)8-10(11)6-7-13/h4-5,8H,3,6-7,13H2,1-2H3. The Kier molecular flexibility index (Phi) is 3.84. The quantitative estimate of drug-likeness (QED) is 0.740. The van der Waals surface area contributed by atoms with Crippen LogP contribution in [0.25, 0.3) is 0 Å². The predicted octanol–water partition coefficient (Wildman–Crippen LogP) is 2.09. The summed E-state index contributed by atoms with van der Waals surface area (Å²) < 4.78 is 0. The molecule has 0 fully saturated rings. The molecule has 0 amide bonds. The largest absolute Gasteiger partial charge is 0.330 e. The normalized spacial score (nSPS) is 10.2. The van der Waals surface area contributed by atoms with Gasteiger partial charge in [0.2, 0.25) is 0 Å². The highest BCUT2D eigenvalue weighted by atomic mass is 16.1. The maximum atomic E-state index is 11.6. The SMILES string of the molecule is CCC(=O)c1ccc(C)cc1CCN. The van der Waals surface area contributed by atoms with Gasteiger partial charge in [-0.25, -0.2) is 0 Å². The minimum atomic E-state index is 0.202. The second-order valence-corrected chi connectivity index (χ2v) is 3.48. The van der Waals surface area contributed by atoms with E-state index in [1.54, 1.807) is 0 Å². The highest BCUT2D eigenvalue weighted by molar-refractivity contribution is 5.97. The van der Waals surface area contributed by atoms with Gasteiger partial charge in [-0.1, -0.05) is 30.7 Å². The second-order valence-electron chi connectivity index (χ2n) is 3.48. The Balaban J connectivity index is 3.07. The molecule has 0 bridgehead atoms. The number of ketones is 1. The highest BCUT2D eigenvalue weighted by Crippen LogP contribution is 2.14. The first-order chi connectivity index (χ1) is 6.69. The van der Waals surface area contributed by atoms with Gasteiger partial charge in [-0.15, -0.1) is 0 Å². The molecule has 2 N–H and O–H groups in total. The third-order valence-corrected chi connectivity index (χ3v) is 2.30. The van der Waals surface area contributed by atoms with E-state index < -0.39 is 0 Å². The van der Waals surface area contributed by atoms with Crippen LogP contribution in [0, 0.1) is 6.92 Å². The van der Waals surface area contributed by atoms with Crippen LogP contribution in [0.5, 0.6) is 0 Å². The maximum Gasteiger partial charge on any atom is 0.162 e. The van der Waals surface area contributed by atoms with Crippen molar-refractivity contribution in [2.24, 2.45) is 5.73 Å². The summed E-state index contributed by atoms with van der Waals surface area (Å²) in [5.74, 6) is 0.202. The molecule has 0 aromatic heterocycles. The van der Waals surface area contributed by atoms with E-state index in [4.69, 9.17) is 5.73 Å². The number of benzene rings is 1. The molecule has 0 aliphatic rings. The summed E-state index contributed by atoms with van der Waals surface area (Å²) in [6.07, 6.45) is 1.34. The lowest BCUT2D eigenvalue weighted by Gasteiger charge is -2.07. The minimum absolute atomic E-state index is 0.202. The first-order valence-corrected chi connectivity index (χ1v) is 5.01. The predicted molar refractivity (Wildman–Crippen MR) is 58.6 cm³/mol. The van der Waals surface area contributed by atoms with E-state index in [2.05, 4.69) is 6.07 Å². The van der Waals surface area contributed by atoms with Crippen molar-refractivity contribution in [1.29, 1.82) is 0 Å². The van der Waals surface area contributed by atoms with Crippen LogP contribution in [0.15, 0.2) is 18.2 Å². The van der Waals surface area contributed by atoms with E-state index in [1.165, 1.54) is 5.56 Å². The van der Waals surface area contributed by atoms with Crippen molar-refractivity contribution in [2.45, 2.75) is 26.7 Å². The van der Waals surface area contributed by atoms with Gasteiger partial charge in [0.05, 0.1) is 0 Å². The van der Waals surface area contributed by atoms with Gasteiger partial charge in [0.1, 0.15) is 0 Å². The van der Waals surface area contributed by atoms with Crippen LogP contribution >= 0.6 is 0 Å². The van der Waals surface area contributed by atoms with Crippen LogP contribution in [0.2, 0.25) is 0 Å². The van der Waals surface area contributed by atoms with Gasteiger partial charge in [-0.05, 0) is 25.5 Å². The first kappa shape index (κ1) is 10.9. The zero-order valence-electron chi connectivity index (χ0n) is 8.84. The molecule has 1 aromatic carbocycles. The fourth-order valence-electron chi connectivity index (χ4n) is 1.55. The molecule has 0 aliphatic heterocycles. The summed E-state index contributed by atoms with van der Waals surface area (Å²) in [5.41, 5.74) is 8.61. The molecule has 76 valence electrons. The van der Waals surface area contributed by atoms with Gasteiger partial charge >= 0.3 is 0 Å². The van der Waals surface area contributed by atoms with Gasteiger partial charge in [0, 0.05) is 12.0 Å². The van der Waals surface area contributed by atoms with Crippen LogP contribution in [-0.4, -0.2) is 12.3 Å². The molecule has 0 heterocycles. The smallest absolute Gasteiger partial charge is 0.162 e. The molecule has 1 aromatic rings. The van der Waals surface area contributed by atoms with Crippen LogP contribution in [-0.2, 0) is 6.42 Å². The van der Waals surface area contributed by atoms with Crippen molar-refractivity contribution in [3.05, 3.63) is 34.9 Å². The Bertz CT molecular complexity index is 331. The molecule has 0 saturated heterocycles. The molecule has 0 atom stereocenters. The van der Waals surface area contributed by atoms with E-state index in [1.807, 2.05) is 26.0 Å². The lowest BCUT2D eigenvalue weighted by atomic mass is 9.98. The van der Waals surface area contributed by atoms with Crippen molar-refractivity contribution in [3.63, 3.8) is 0 Å². The molecule has 14 heavy (non-hydrogen) atoms. The number of carbonyl (C=O) groups is 1. The molecular formula is C12H17NO. The number of nitrogens with two attached hydrogens (primary N) is 1. The highest BCUT2D eigenvalue weighted by Gasteiger charge is 2.08. The summed E-state index contributed by atoms with van der Waals surface area (Å²) >= 11 is 0. The van der Waals surface area contributed by atoms with E-state index in [-0.39, 0.29) is 5.78 Å². The van der Waals surface area contributed by atoms with Gasteiger partial charge < -0.3 is 5.73 Å². The van der Waals surface area contributed by atoms with E-state index >= 15 is 0 Å². The Labute approximate surface area is 85.1 Å². The summed E-state index contributed by atoms with van der Waals surface area (Å²) in [6.45, 7) is 4.50. The monoisotopic (exact) mass is 191 g/mol. The van der Waals surface area contributed by atoms with Crippen molar-refractivity contribution < 1.29 is 4.79 Å². The molecule has 0 radical (unpaired) electrons. The van der Waals surface area contributed by atoms with E-state index in [9.17, 15) is 4.79 Å². The first-order valence-electron chi connectivity index (χ1n) is 5.01. The fourth-order valence-corrected chi connectivity index (χ4v) is 1.55. The Morgan fingerprint density at radius 2 is 2.14 bits per heavy atom. The number of hydrogen-bond acceptors (Lipinski definition) is 2. The van der Waals surface area contributed by atoms with Gasteiger partial charge in [-0.2, -0.15) is 0 Å². The molecule has 0 saturated carbocycles. The molecule has 0 unspecified atom stereocenters. The number of carbonyl (C=O) groups excluding carboxylic acids is 1. The third-order valence-electron chi connectivity index (χ3n) is 2.30. The van der Waals surface area contributed by atoms with Crippen molar-refractivity contribution in [3.8, 4) is 0 Å². The second kappa shape index (κ2) is 4.91. The van der Waals surface area contributed by atoms with Gasteiger partial charge in [0.25, 0.3) is 0 Å². The topological polar surface area (TPSA) is 43.1 Å². The van der Waals surface area contributed by atoms with E-state index in [0.717, 1.165) is 17.5 Å². The zero-order chi connectivity index (χ0) is 10.6. The summed E-state index contributed by atoms with van der Waals surface area (Å²) in [6, 6.07) is 5.94. The Hall–Kier alpha value is -1.15. The van der Waals surface area contributed by atoms with Crippen LogP contribution in [0.1, 0.15) is 34.8 Å². The third kappa shape index (κ3) is 2.42. The summed E-state index contributed by atoms with van der Waals surface area (Å²) in [5, 5.41) is 0. The Morgan fingerprint density at radius 1 is 1.43 bits per heavy atom. The Morgan fingerprint density at radius 3 is 2.71 bits per heavy atom. The number of hydrogen-bond donors (Lipinski definition) is 1. The van der Waals surface area contributed by atoms with Crippen molar-refractivity contribution in [2.75, 3.05) is 6.54 Å². The minimum Gasteiger partial charge on any atom is -0.330 e. The number of rotatable bonds is 4. The van der Waals surface area contributed by atoms with E-state index in [0.29, 0.717) is 13.0 Å². The molecule has 0 spiro atoms. The average molecular weight is 191 g/mol. The summed E-state index contributed by atoms with van der Waals surface area (Å²) in [7, 11) is 0. The lowest BCUT2D eigenvalue weighted by molar-refractivity contribution is 0.0987. The number of aryl methyl sites for hydroxylation is 1. The van der Waals surface area contributed by atoms with Crippen LogP contribution in [0.3, 0.4) is 0 Å². The van der Waals surface area contributed by atoms with Gasteiger partial charge in [-0.3, -0.25) is 4.79 Å².